The van der Waals surface area contributed by atoms with Gasteiger partial charge in [-0.25, -0.2) is 0 Å². The van der Waals surface area contributed by atoms with Gasteiger partial charge in [0.2, 0.25) is 0 Å². The van der Waals surface area contributed by atoms with Crippen LogP contribution in [0.15, 0.2) is 24.3 Å². The minimum atomic E-state index is -0.730. The largest absolute Gasteiger partial charge is 0.481 e. The van der Waals surface area contributed by atoms with E-state index >= 15 is 0 Å². The van der Waals surface area contributed by atoms with Gasteiger partial charge in [-0.05, 0) is 37.8 Å². The molecule has 1 aliphatic rings. The Kier molecular flexibility index (Phi) is 9.47. The molecule has 0 saturated carbocycles. The summed E-state index contributed by atoms with van der Waals surface area (Å²) < 4.78 is 5.46. The van der Waals surface area contributed by atoms with Gasteiger partial charge in [-0.3, -0.25) is 9.59 Å². The summed E-state index contributed by atoms with van der Waals surface area (Å²) in [6, 6.07) is 0. The first-order valence-corrected chi connectivity index (χ1v) is 8.36. The first-order valence-electron chi connectivity index (χ1n) is 8.36. The number of carboxylic acids is 1. The summed E-state index contributed by atoms with van der Waals surface area (Å²) >= 11 is 0. The van der Waals surface area contributed by atoms with Crippen molar-refractivity contribution >= 4 is 11.8 Å². The van der Waals surface area contributed by atoms with Crippen LogP contribution in [0.2, 0.25) is 0 Å². The maximum Gasteiger partial charge on any atom is 0.303 e. The second kappa shape index (κ2) is 11.2. The van der Waals surface area contributed by atoms with Crippen LogP contribution in [-0.2, 0) is 14.3 Å². The number of allylic oxidation sites excluding steroid dienone is 2. The second-order valence-corrected chi connectivity index (χ2v) is 5.74. The van der Waals surface area contributed by atoms with Crippen LogP contribution in [0.5, 0.6) is 0 Å². The average molecular weight is 308 g/mol. The van der Waals surface area contributed by atoms with Crippen molar-refractivity contribution in [3.05, 3.63) is 24.3 Å². The van der Waals surface area contributed by atoms with E-state index in [1.165, 1.54) is 0 Å². The molecule has 4 heteroatoms. The Bertz CT molecular complexity index is 398. The monoisotopic (exact) mass is 308 g/mol. The number of carbonyl (C=O) groups excluding carboxylic acids is 1. The molecule has 2 atom stereocenters. The Balaban J connectivity index is 1.97. The van der Waals surface area contributed by atoms with E-state index in [0.29, 0.717) is 6.42 Å². The number of epoxide rings is 1. The summed E-state index contributed by atoms with van der Waals surface area (Å²) in [5.74, 6) is -0.574. The number of aliphatic carboxylic acids is 1. The van der Waals surface area contributed by atoms with E-state index in [4.69, 9.17) is 9.84 Å². The number of hydrogen-bond acceptors (Lipinski definition) is 3. The van der Waals surface area contributed by atoms with Gasteiger partial charge in [-0.1, -0.05) is 38.3 Å². The highest BCUT2D eigenvalue weighted by molar-refractivity contribution is 5.89. The zero-order valence-electron chi connectivity index (χ0n) is 13.5. The smallest absolute Gasteiger partial charge is 0.303 e. The molecule has 124 valence electrons. The molecule has 0 radical (unpaired) electrons. The molecule has 1 saturated heterocycles. The van der Waals surface area contributed by atoms with Crippen molar-refractivity contribution in [2.24, 2.45) is 0 Å². The molecule has 1 aliphatic heterocycles. The number of unbranched alkanes of at least 4 members (excludes halogenated alkanes) is 4. The van der Waals surface area contributed by atoms with Crippen molar-refractivity contribution in [3.8, 4) is 0 Å². The Hall–Kier alpha value is -1.42. The van der Waals surface area contributed by atoms with Crippen molar-refractivity contribution < 1.29 is 19.4 Å². The molecule has 0 bridgehead atoms. The second-order valence-electron chi connectivity index (χ2n) is 5.74. The molecule has 1 N–H and O–H groups in total. The fourth-order valence-corrected chi connectivity index (χ4v) is 2.30. The fourth-order valence-electron chi connectivity index (χ4n) is 2.30. The zero-order valence-corrected chi connectivity index (χ0v) is 13.5. The summed E-state index contributed by atoms with van der Waals surface area (Å²) in [5, 5.41) is 8.51. The van der Waals surface area contributed by atoms with Gasteiger partial charge in [0.1, 0.15) is 6.10 Å². The normalized spacial score (nSPS) is 20.8. The standard InChI is InChI=1S/C18H28O4/c1-2-3-7-11-16-17(22-16)14-13-15(19)10-8-5-4-6-9-12-18(20)21/h3,7,13-14,16-17H,2,4-6,8-12H2,1H3,(H,20,21). The van der Waals surface area contributed by atoms with E-state index in [2.05, 4.69) is 19.1 Å². The molecular weight excluding hydrogens is 280 g/mol. The SMILES string of the molecule is CCC=CCC1OC1C=CC(=O)CCCCCCCC(=O)O. The van der Waals surface area contributed by atoms with Gasteiger partial charge in [0, 0.05) is 12.8 Å². The van der Waals surface area contributed by atoms with E-state index in [0.717, 1.165) is 44.9 Å². The lowest BCUT2D eigenvalue weighted by Gasteiger charge is -1.98. The van der Waals surface area contributed by atoms with Crippen LogP contribution in [0.3, 0.4) is 0 Å². The van der Waals surface area contributed by atoms with Gasteiger partial charge in [0.15, 0.2) is 5.78 Å². The Labute approximate surface area is 133 Å². The predicted octanol–water partition coefficient (Wildman–Crippen LogP) is 4.05. The number of carbonyl (C=O) groups is 2. The highest BCUT2D eigenvalue weighted by Gasteiger charge is 2.34. The molecule has 1 rings (SSSR count). The van der Waals surface area contributed by atoms with Crippen molar-refractivity contribution in [1.82, 2.24) is 0 Å². The number of ketones is 1. The van der Waals surface area contributed by atoms with Crippen LogP contribution in [0, 0.1) is 0 Å². The Morgan fingerprint density at radius 1 is 1.05 bits per heavy atom. The zero-order chi connectivity index (χ0) is 16.2. The molecule has 0 aromatic heterocycles. The van der Waals surface area contributed by atoms with Gasteiger partial charge in [0.05, 0.1) is 6.10 Å². The van der Waals surface area contributed by atoms with Crippen molar-refractivity contribution in [2.75, 3.05) is 0 Å². The molecule has 4 nitrogen and oxygen atoms in total. The minimum Gasteiger partial charge on any atom is -0.481 e. The lowest BCUT2D eigenvalue weighted by atomic mass is 10.1. The lowest BCUT2D eigenvalue weighted by molar-refractivity contribution is -0.137. The van der Waals surface area contributed by atoms with Crippen LogP contribution in [0.1, 0.15) is 64.7 Å². The predicted molar refractivity (Wildman–Crippen MR) is 86.8 cm³/mol. The van der Waals surface area contributed by atoms with Crippen LogP contribution in [-0.4, -0.2) is 29.1 Å². The van der Waals surface area contributed by atoms with E-state index in [-0.39, 0.29) is 24.4 Å². The first-order chi connectivity index (χ1) is 10.6. The maximum atomic E-state index is 11.7. The molecule has 1 fully saturated rings. The summed E-state index contributed by atoms with van der Waals surface area (Å²) in [6.07, 6.45) is 15.5. The summed E-state index contributed by atoms with van der Waals surface area (Å²) in [4.78, 5) is 22.0. The molecule has 0 aliphatic carbocycles. The third kappa shape index (κ3) is 9.50. The van der Waals surface area contributed by atoms with Gasteiger partial charge < -0.3 is 9.84 Å². The molecule has 0 spiro atoms. The number of carboxylic acid groups (broad SMARTS) is 1. The van der Waals surface area contributed by atoms with Crippen LogP contribution in [0.4, 0.5) is 0 Å². The van der Waals surface area contributed by atoms with Crippen molar-refractivity contribution in [2.45, 2.75) is 76.9 Å². The highest BCUT2D eigenvalue weighted by atomic mass is 16.6. The van der Waals surface area contributed by atoms with E-state index in [1.807, 2.05) is 6.08 Å². The van der Waals surface area contributed by atoms with Crippen molar-refractivity contribution in [1.29, 1.82) is 0 Å². The summed E-state index contributed by atoms with van der Waals surface area (Å²) in [5.41, 5.74) is 0. The van der Waals surface area contributed by atoms with E-state index in [9.17, 15) is 9.59 Å². The third-order valence-electron chi connectivity index (χ3n) is 3.68. The average Bonchev–Trinajstić information content (AvgIpc) is 3.22. The third-order valence-corrected chi connectivity index (χ3v) is 3.68. The summed E-state index contributed by atoms with van der Waals surface area (Å²) in [6.45, 7) is 2.10. The van der Waals surface area contributed by atoms with E-state index in [1.54, 1.807) is 6.08 Å². The first kappa shape index (κ1) is 18.6. The lowest BCUT2D eigenvalue weighted by Crippen LogP contribution is -1.96. The molecule has 0 aromatic carbocycles. The van der Waals surface area contributed by atoms with Gasteiger partial charge in [0.25, 0.3) is 0 Å². The summed E-state index contributed by atoms with van der Waals surface area (Å²) in [7, 11) is 0. The van der Waals surface area contributed by atoms with Crippen LogP contribution >= 0.6 is 0 Å². The molecular formula is C18H28O4. The topological polar surface area (TPSA) is 66.9 Å². The van der Waals surface area contributed by atoms with Crippen molar-refractivity contribution in [3.63, 3.8) is 0 Å². The maximum absolute atomic E-state index is 11.7. The molecule has 0 aromatic rings. The Morgan fingerprint density at radius 3 is 2.41 bits per heavy atom. The van der Waals surface area contributed by atoms with Gasteiger partial charge in [-0.15, -0.1) is 0 Å². The number of rotatable bonds is 13. The quantitative estimate of drug-likeness (QED) is 0.241. The molecule has 2 unspecified atom stereocenters. The van der Waals surface area contributed by atoms with Crippen LogP contribution in [0.25, 0.3) is 0 Å². The van der Waals surface area contributed by atoms with Gasteiger partial charge >= 0.3 is 5.97 Å². The highest BCUT2D eigenvalue weighted by Crippen LogP contribution is 2.27. The molecule has 0 amide bonds. The molecule has 22 heavy (non-hydrogen) atoms. The number of hydrogen-bond donors (Lipinski definition) is 1. The van der Waals surface area contributed by atoms with Gasteiger partial charge in [-0.2, -0.15) is 0 Å². The molecule has 1 heterocycles. The van der Waals surface area contributed by atoms with Crippen LogP contribution < -0.4 is 0 Å². The fraction of sp³-hybridized carbons (Fsp3) is 0.667. The Morgan fingerprint density at radius 2 is 1.73 bits per heavy atom. The number of ether oxygens (including phenoxy) is 1. The van der Waals surface area contributed by atoms with E-state index < -0.39 is 5.97 Å². The minimum absolute atomic E-state index is 0.112.